The number of tetrazole rings is 2. The van der Waals surface area contributed by atoms with Gasteiger partial charge in [0.25, 0.3) is 0 Å². The van der Waals surface area contributed by atoms with E-state index in [2.05, 4.69) is 162 Å². The summed E-state index contributed by atoms with van der Waals surface area (Å²) < 4.78 is 6.95. The molecule has 2 saturated carbocycles. The standard InChI is InChI=1S/C42H48N10Se2/c1-29-13-17-31(18-14-29)39(41-45-47-49-51(41)35-9-5-3-6-10-35)43-33-21-25-37(26-22-33)53-54-38-27-23-34(24-28-38)44-40(32-19-15-30(2)16-20-32)42-46-48-50-52(42)36-11-7-4-8-12-36/h13-28,35-36,39-40,43-44H,3-12H2,1-2H3. The summed E-state index contributed by atoms with van der Waals surface area (Å²) in [7, 11) is 0. The SMILES string of the molecule is Cc1ccc(C(Nc2ccc([Se][Se]c3ccc(NC(c4ccc(C)cc4)c4nnnn4C4CCCCC4)cc3)cc2)c2nnnn2C2CCCCC2)cc1. The van der Waals surface area contributed by atoms with Gasteiger partial charge in [0.2, 0.25) is 0 Å². The summed E-state index contributed by atoms with van der Waals surface area (Å²) in [6.45, 7) is 4.25. The molecule has 54 heavy (non-hydrogen) atoms. The van der Waals surface area contributed by atoms with E-state index < -0.39 is 0 Å². The Morgan fingerprint density at radius 1 is 0.500 bits per heavy atom. The fourth-order valence-corrected chi connectivity index (χ4v) is 13.7. The molecule has 4 aromatic carbocycles. The normalized spacial score (nSPS) is 16.6. The second-order valence-electron chi connectivity index (χ2n) is 14.7. The molecule has 0 radical (unpaired) electrons. The molecular formula is C42H48N10Se2. The van der Waals surface area contributed by atoms with Gasteiger partial charge in [-0.15, -0.1) is 0 Å². The van der Waals surface area contributed by atoms with Gasteiger partial charge in [-0.3, -0.25) is 0 Å². The molecule has 0 saturated heterocycles. The van der Waals surface area contributed by atoms with Gasteiger partial charge in [0.1, 0.15) is 0 Å². The molecule has 12 heteroatoms. The van der Waals surface area contributed by atoms with E-state index in [1.165, 1.54) is 58.6 Å². The molecule has 0 bridgehead atoms. The van der Waals surface area contributed by atoms with Gasteiger partial charge in [0.05, 0.1) is 0 Å². The van der Waals surface area contributed by atoms with Crippen molar-refractivity contribution in [2.24, 2.45) is 0 Å². The van der Waals surface area contributed by atoms with E-state index in [0.717, 1.165) is 59.8 Å². The number of benzene rings is 4. The van der Waals surface area contributed by atoms with Crippen LogP contribution in [0.2, 0.25) is 0 Å². The number of nitrogens with zero attached hydrogens (tertiary/aromatic N) is 8. The Bertz CT molecular complexity index is 1910. The summed E-state index contributed by atoms with van der Waals surface area (Å²) in [6.07, 6.45) is 12.0. The first-order chi connectivity index (χ1) is 26.6. The number of aryl methyl sites for hydroxylation is 2. The molecular weight excluding hydrogens is 802 g/mol. The van der Waals surface area contributed by atoms with Gasteiger partial charge in [-0.2, -0.15) is 0 Å². The Balaban J connectivity index is 0.934. The van der Waals surface area contributed by atoms with Crippen LogP contribution >= 0.6 is 0 Å². The van der Waals surface area contributed by atoms with Crippen molar-refractivity contribution in [1.29, 1.82) is 0 Å². The fraction of sp³-hybridized carbons (Fsp3) is 0.381. The Labute approximate surface area is 329 Å². The third kappa shape index (κ3) is 8.79. The van der Waals surface area contributed by atoms with Crippen molar-refractivity contribution >= 4 is 46.6 Å². The van der Waals surface area contributed by atoms with Crippen LogP contribution in [0.5, 0.6) is 0 Å². The van der Waals surface area contributed by atoms with Crippen molar-refractivity contribution in [2.75, 3.05) is 10.6 Å². The van der Waals surface area contributed by atoms with E-state index in [9.17, 15) is 0 Å². The van der Waals surface area contributed by atoms with Crippen molar-refractivity contribution in [3.63, 3.8) is 0 Å². The van der Waals surface area contributed by atoms with Gasteiger partial charge in [-0.05, 0) is 0 Å². The first kappa shape index (κ1) is 36.6. The van der Waals surface area contributed by atoms with Crippen LogP contribution in [0, 0.1) is 13.8 Å². The van der Waals surface area contributed by atoms with Crippen molar-refractivity contribution in [2.45, 2.75) is 102 Å². The second-order valence-corrected chi connectivity index (χ2v) is 21.0. The molecule has 0 spiro atoms. The molecule has 2 heterocycles. The van der Waals surface area contributed by atoms with E-state index in [1.807, 2.05) is 0 Å². The van der Waals surface area contributed by atoms with Crippen LogP contribution in [0.25, 0.3) is 0 Å². The molecule has 2 fully saturated rings. The van der Waals surface area contributed by atoms with Gasteiger partial charge in [-0.25, -0.2) is 0 Å². The molecule has 2 aliphatic rings. The number of anilines is 2. The van der Waals surface area contributed by atoms with E-state index in [-0.39, 0.29) is 12.1 Å². The fourth-order valence-electron chi connectivity index (χ4n) is 7.71. The Morgan fingerprint density at radius 3 is 1.24 bits per heavy atom. The Hall–Kier alpha value is -4.34. The zero-order valence-corrected chi connectivity index (χ0v) is 34.4. The zero-order chi connectivity index (χ0) is 36.7. The number of nitrogens with one attached hydrogen (secondary N) is 2. The molecule has 10 nitrogen and oxygen atoms in total. The molecule has 0 aliphatic heterocycles. The zero-order valence-electron chi connectivity index (χ0n) is 31.0. The Kier molecular flexibility index (Phi) is 11.8. The first-order valence-electron chi connectivity index (χ1n) is 19.3. The van der Waals surface area contributed by atoms with Crippen molar-refractivity contribution in [3.8, 4) is 0 Å². The molecule has 2 N–H and O–H groups in total. The van der Waals surface area contributed by atoms with Crippen molar-refractivity contribution in [3.05, 3.63) is 131 Å². The third-order valence-corrected chi connectivity index (χ3v) is 18.0. The summed E-state index contributed by atoms with van der Waals surface area (Å²) in [6, 6.07) is 35.8. The average Bonchev–Trinajstić information content (AvgIpc) is 3.92. The van der Waals surface area contributed by atoms with Crippen LogP contribution in [-0.4, -0.2) is 66.7 Å². The molecule has 2 aromatic heterocycles. The molecule has 8 rings (SSSR count). The monoisotopic (exact) mass is 852 g/mol. The summed E-state index contributed by atoms with van der Waals surface area (Å²) in [5.41, 5.74) is 6.94. The van der Waals surface area contributed by atoms with Crippen molar-refractivity contribution < 1.29 is 0 Å². The van der Waals surface area contributed by atoms with E-state index >= 15 is 0 Å². The topological polar surface area (TPSA) is 111 Å². The molecule has 6 aromatic rings. The molecule has 2 unspecified atom stereocenters. The molecule has 2 aliphatic carbocycles. The summed E-state index contributed by atoms with van der Waals surface area (Å²) in [5, 5.41) is 34.0. The summed E-state index contributed by atoms with van der Waals surface area (Å²) in [4.78, 5) is 0. The van der Waals surface area contributed by atoms with E-state index in [0.29, 0.717) is 38.3 Å². The Morgan fingerprint density at radius 2 is 0.870 bits per heavy atom. The van der Waals surface area contributed by atoms with Gasteiger partial charge < -0.3 is 0 Å². The minimum absolute atomic E-state index is 0.138. The van der Waals surface area contributed by atoms with E-state index in [4.69, 9.17) is 0 Å². The molecule has 278 valence electrons. The van der Waals surface area contributed by atoms with Crippen LogP contribution in [0.1, 0.15) is 122 Å². The molecule has 0 amide bonds. The van der Waals surface area contributed by atoms with E-state index in [1.54, 1.807) is 0 Å². The maximum atomic E-state index is 4.57. The average molecular weight is 851 g/mol. The van der Waals surface area contributed by atoms with Crippen LogP contribution in [-0.2, 0) is 0 Å². The number of hydrogen-bond acceptors (Lipinski definition) is 8. The van der Waals surface area contributed by atoms with Crippen LogP contribution in [0.4, 0.5) is 11.4 Å². The van der Waals surface area contributed by atoms with Crippen LogP contribution in [0.3, 0.4) is 0 Å². The number of rotatable bonds is 13. The first-order valence-corrected chi connectivity index (χ1v) is 25.4. The minimum atomic E-state index is -0.138. The second kappa shape index (κ2) is 17.4. The van der Waals surface area contributed by atoms with Crippen molar-refractivity contribution in [1.82, 2.24) is 40.4 Å². The predicted molar refractivity (Wildman–Crippen MR) is 217 cm³/mol. The van der Waals surface area contributed by atoms with Crippen LogP contribution in [0.15, 0.2) is 97.1 Å². The van der Waals surface area contributed by atoms with Gasteiger partial charge >= 0.3 is 331 Å². The predicted octanol–water partition coefficient (Wildman–Crippen LogP) is 6.96. The maximum absolute atomic E-state index is 4.57. The van der Waals surface area contributed by atoms with Gasteiger partial charge in [-0.1, -0.05) is 0 Å². The quantitative estimate of drug-likeness (QED) is 0.120. The van der Waals surface area contributed by atoms with Gasteiger partial charge in [0.15, 0.2) is 0 Å². The number of hydrogen-bond donors (Lipinski definition) is 2. The number of aromatic nitrogens is 8. The third-order valence-electron chi connectivity index (χ3n) is 10.8. The summed E-state index contributed by atoms with van der Waals surface area (Å²) >= 11 is 0.711. The summed E-state index contributed by atoms with van der Waals surface area (Å²) in [5.74, 6) is 1.77. The molecule has 2 atom stereocenters. The van der Waals surface area contributed by atoms with Crippen LogP contribution < -0.4 is 19.6 Å². The van der Waals surface area contributed by atoms with Gasteiger partial charge in [0, 0.05) is 0 Å².